The smallest absolute Gasteiger partial charge is 0.216 e. The molecule has 0 aromatic carbocycles. The maximum atomic E-state index is 10.8. The van der Waals surface area contributed by atoms with Gasteiger partial charge in [-0.15, -0.1) is 24.0 Å². The van der Waals surface area contributed by atoms with E-state index in [4.69, 9.17) is 0 Å². The molecular formula is C14H29IN4O. The van der Waals surface area contributed by atoms with Crippen molar-refractivity contribution in [3.8, 4) is 0 Å². The van der Waals surface area contributed by atoms with E-state index in [1.54, 1.807) is 0 Å². The Morgan fingerprint density at radius 3 is 2.25 bits per heavy atom. The van der Waals surface area contributed by atoms with Crippen molar-refractivity contribution in [2.24, 2.45) is 10.4 Å². The molecule has 0 atom stereocenters. The lowest BCUT2D eigenvalue weighted by atomic mass is 9.65. The third-order valence-electron chi connectivity index (χ3n) is 4.22. The highest BCUT2D eigenvalue weighted by Crippen LogP contribution is 2.46. The van der Waals surface area contributed by atoms with E-state index in [1.807, 2.05) is 0 Å². The molecule has 0 aromatic rings. The highest BCUT2D eigenvalue weighted by molar-refractivity contribution is 14.0. The molecule has 1 fully saturated rings. The Kier molecular flexibility index (Phi) is 7.27. The van der Waals surface area contributed by atoms with Crippen molar-refractivity contribution in [1.82, 2.24) is 15.5 Å². The molecule has 1 saturated heterocycles. The third kappa shape index (κ3) is 4.23. The highest BCUT2D eigenvalue weighted by atomic mass is 127. The molecule has 118 valence electrons. The molecule has 1 amide bonds. The Morgan fingerprint density at radius 2 is 1.85 bits per heavy atom. The number of halogens is 1. The van der Waals surface area contributed by atoms with Crippen LogP contribution in [0.3, 0.4) is 0 Å². The summed E-state index contributed by atoms with van der Waals surface area (Å²) in [6, 6.07) is 0. The van der Waals surface area contributed by atoms with Gasteiger partial charge in [0.1, 0.15) is 0 Å². The first kappa shape index (κ1) is 19.5. The van der Waals surface area contributed by atoms with Crippen molar-refractivity contribution >= 4 is 35.8 Å². The van der Waals surface area contributed by atoms with Gasteiger partial charge in [0, 0.05) is 37.5 Å². The second-order valence-electron chi connectivity index (χ2n) is 6.25. The summed E-state index contributed by atoms with van der Waals surface area (Å²) in [5.41, 5.74) is 0.392. The van der Waals surface area contributed by atoms with E-state index in [0.717, 1.165) is 19.0 Å². The molecule has 0 radical (unpaired) electrons. The van der Waals surface area contributed by atoms with Gasteiger partial charge in [-0.2, -0.15) is 0 Å². The molecule has 0 aliphatic carbocycles. The van der Waals surface area contributed by atoms with Gasteiger partial charge in [0.15, 0.2) is 5.96 Å². The van der Waals surface area contributed by atoms with Crippen molar-refractivity contribution in [3.05, 3.63) is 0 Å². The number of carbonyl (C=O) groups excluding carboxylic acids is 1. The average Bonchev–Trinajstić information content (AvgIpc) is 2.30. The number of carbonyl (C=O) groups is 1. The maximum Gasteiger partial charge on any atom is 0.216 e. The number of guanidine groups is 1. The molecule has 0 bridgehead atoms. The van der Waals surface area contributed by atoms with Crippen LogP contribution in [-0.4, -0.2) is 48.5 Å². The summed E-state index contributed by atoms with van der Waals surface area (Å²) in [5.74, 6) is 0.933. The van der Waals surface area contributed by atoms with E-state index in [0.29, 0.717) is 18.5 Å². The average molecular weight is 396 g/mol. The molecule has 1 rings (SSSR count). The van der Waals surface area contributed by atoms with Crippen molar-refractivity contribution in [3.63, 3.8) is 0 Å². The minimum absolute atomic E-state index is 0. The van der Waals surface area contributed by atoms with Crippen LogP contribution in [0.4, 0.5) is 0 Å². The highest BCUT2D eigenvalue weighted by Gasteiger charge is 2.53. The Bertz CT molecular complexity index is 366. The normalized spacial score (nSPS) is 19.7. The summed E-state index contributed by atoms with van der Waals surface area (Å²) >= 11 is 0. The molecule has 0 spiro atoms. The second-order valence-corrected chi connectivity index (χ2v) is 6.25. The molecular weight excluding hydrogens is 367 g/mol. The van der Waals surface area contributed by atoms with Crippen LogP contribution in [0.2, 0.25) is 0 Å². The largest absolute Gasteiger partial charge is 0.356 e. The Morgan fingerprint density at radius 1 is 1.25 bits per heavy atom. The monoisotopic (exact) mass is 396 g/mol. The predicted molar refractivity (Wildman–Crippen MR) is 94.6 cm³/mol. The van der Waals surface area contributed by atoms with Gasteiger partial charge in [-0.1, -0.05) is 13.8 Å². The molecule has 0 saturated carbocycles. The van der Waals surface area contributed by atoms with Crippen molar-refractivity contribution < 1.29 is 4.79 Å². The zero-order chi connectivity index (χ0) is 14.7. The van der Waals surface area contributed by atoms with Gasteiger partial charge in [-0.25, -0.2) is 0 Å². The molecule has 0 aromatic heterocycles. The molecule has 0 unspecified atom stereocenters. The molecule has 6 heteroatoms. The lowest BCUT2D eigenvalue weighted by Crippen LogP contribution is -2.72. The van der Waals surface area contributed by atoms with Crippen LogP contribution >= 0.6 is 24.0 Å². The van der Waals surface area contributed by atoms with Crippen LogP contribution in [0.15, 0.2) is 4.99 Å². The first-order valence-electron chi connectivity index (χ1n) is 7.03. The summed E-state index contributed by atoms with van der Waals surface area (Å²) in [7, 11) is 0. The van der Waals surface area contributed by atoms with Crippen LogP contribution in [0.1, 0.15) is 41.5 Å². The molecule has 1 heterocycles. The number of rotatable bonds is 4. The van der Waals surface area contributed by atoms with E-state index in [2.05, 4.69) is 55.1 Å². The SMILES string of the molecule is CCNC(=NCCNC(C)=O)N1CC(C)(C)C1(C)C.I. The lowest BCUT2D eigenvalue weighted by Gasteiger charge is -2.62. The molecule has 1 aliphatic rings. The Labute approximate surface area is 140 Å². The van der Waals surface area contributed by atoms with E-state index >= 15 is 0 Å². The van der Waals surface area contributed by atoms with Gasteiger partial charge in [-0.3, -0.25) is 9.79 Å². The zero-order valence-electron chi connectivity index (χ0n) is 13.5. The minimum Gasteiger partial charge on any atom is -0.356 e. The van der Waals surface area contributed by atoms with Crippen molar-refractivity contribution in [1.29, 1.82) is 0 Å². The summed E-state index contributed by atoms with van der Waals surface area (Å²) in [4.78, 5) is 17.7. The number of nitrogens with zero attached hydrogens (tertiary/aromatic N) is 2. The Balaban J connectivity index is 0.00000361. The third-order valence-corrected chi connectivity index (χ3v) is 4.22. The summed E-state index contributed by atoms with van der Waals surface area (Å²) in [6.07, 6.45) is 0. The summed E-state index contributed by atoms with van der Waals surface area (Å²) in [6.45, 7) is 15.7. The number of amides is 1. The van der Waals surface area contributed by atoms with Crippen LogP contribution in [0.25, 0.3) is 0 Å². The fourth-order valence-corrected chi connectivity index (χ4v) is 2.19. The van der Waals surface area contributed by atoms with E-state index < -0.39 is 0 Å². The minimum atomic E-state index is -0.00869. The second kappa shape index (κ2) is 7.47. The first-order chi connectivity index (χ1) is 8.72. The fraction of sp³-hybridized carbons (Fsp3) is 0.857. The summed E-state index contributed by atoms with van der Waals surface area (Å²) < 4.78 is 0. The maximum absolute atomic E-state index is 10.8. The van der Waals surface area contributed by atoms with E-state index in [-0.39, 0.29) is 35.4 Å². The zero-order valence-corrected chi connectivity index (χ0v) is 15.9. The van der Waals surface area contributed by atoms with Crippen molar-refractivity contribution in [2.45, 2.75) is 47.1 Å². The topological polar surface area (TPSA) is 56.7 Å². The molecule has 5 nitrogen and oxygen atoms in total. The van der Waals surface area contributed by atoms with Crippen LogP contribution in [-0.2, 0) is 4.79 Å². The standard InChI is InChI=1S/C14H28N4O.HI/c1-7-15-12(17-9-8-16-11(2)19)18-10-13(3,4)14(18,5)6;/h7-10H2,1-6H3,(H,15,17)(H,16,19);1H. The Hall–Kier alpha value is -0.530. The van der Waals surface area contributed by atoms with Gasteiger partial charge in [-0.05, 0) is 20.8 Å². The lowest BCUT2D eigenvalue weighted by molar-refractivity contribution is -0.118. The van der Waals surface area contributed by atoms with Crippen LogP contribution in [0, 0.1) is 5.41 Å². The number of likely N-dealkylation sites (tertiary alicyclic amines) is 1. The number of aliphatic imine (C=N–C) groups is 1. The molecule has 20 heavy (non-hydrogen) atoms. The predicted octanol–water partition coefficient (Wildman–Crippen LogP) is 1.83. The quantitative estimate of drug-likeness (QED) is 0.330. The number of hydrogen-bond donors (Lipinski definition) is 2. The van der Waals surface area contributed by atoms with E-state index in [9.17, 15) is 4.79 Å². The van der Waals surface area contributed by atoms with Crippen LogP contribution in [0.5, 0.6) is 0 Å². The van der Waals surface area contributed by atoms with Gasteiger partial charge >= 0.3 is 0 Å². The van der Waals surface area contributed by atoms with Gasteiger partial charge < -0.3 is 15.5 Å². The van der Waals surface area contributed by atoms with Crippen molar-refractivity contribution in [2.75, 3.05) is 26.2 Å². The first-order valence-corrected chi connectivity index (χ1v) is 7.03. The summed E-state index contributed by atoms with van der Waals surface area (Å²) in [5, 5.41) is 6.09. The molecule has 2 N–H and O–H groups in total. The number of hydrogen-bond acceptors (Lipinski definition) is 2. The van der Waals surface area contributed by atoms with E-state index in [1.165, 1.54) is 6.92 Å². The van der Waals surface area contributed by atoms with Gasteiger partial charge in [0.2, 0.25) is 5.91 Å². The molecule has 1 aliphatic heterocycles. The van der Waals surface area contributed by atoms with Crippen LogP contribution < -0.4 is 10.6 Å². The van der Waals surface area contributed by atoms with Gasteiger partial charge in [0.05, 0.1) is 6.54 Å². The fourth-order valence-electron chi connectivity index (χ4n) is 2.19. The number of nitrogens with one attached hydrogen (secondary N) is 2. The van der Waals surface area contributed by atoms with Gasteiger partial charge in [0.25, 0.3) is 0 Å².